The van der Waals surface area contributed by atoms with Crippen LogP contribution >= 0.6 is 0 Å². The Morgan fingerprint density at radius 3 is 2.50 bits per heavy atom. The lowest BCUT2D eigenvalue weighted by atomic mass is 10.1. The van der Waals surface area contributed by atoms with Crippen molar-refractivity contribution in [3.63, 3.8) is 0 Å². The lowest BCUT2D eigenvalue weighted by molar-refractivity contribution is 0.262. The molecule has 0 atom stereocenters. The van der Waals surface area contributed by atoms with Gasteiger partial charge in [-0.15, -0.1) is 0 Å². The molecule has 6 heteroatoms. The van der Waals surface area contributed by atoms with Crippen molar-refractivity contribution in [2.45, 2.75) is 20.3 Å². The summed E-state index contributed by atoms with van der Waals surface area (Å²) in [6.07, 6.45) is 2.33. The molecule has 0 fully saturated rings. The average Bonchev–Trinajstić information content (AvgIpc) is 2.63. The Morgan fingerprint density at radius 2 is 1.77 bits per heavy atom. The second kappa shape index (κ2) is 8.11. The van der Waals surface area contributed by atoms with Gasteiger partial charge in [0.25, 0.3) is 0 Å². The monoisotopic (exact) mass is 347 g/mol. The van der Waals surface area contributed by atoms with Crippen LogP contribution < -0.4 is 16.0 Å². The number of aryl methyl sites for hydroxylation is 2. The third kappa shape index (κ3) is 4.57. The van der Waals surface area contributed by atoms with E-state index in [0.717, 1.165) is 34.7 Å². The average molecular weight is 347 g/mol. The number of para-hydroxylation sites is 1. The highest BCUT2D eigenvalue weighted by Gasteiger charge is 2.08. The number of carbonyl (C=O) groups excluding carboxylic acids is 1. The van der Waals surface area contributed by atoms with Gasteiger partial charge in [-0.05, 0) is 43.2 Å². The number of nitrogens with zero attached hydrogens (tertiary/aromatic N) is 2. The second-order valence-corrected chi connectivity index (χ2v) is 5.84. The third-order valence-corrected chi connectivity index (χ3v) is 3.85. The first-order valence-electron chi connectivity index (χ1n) is 8.45. The van der Waals surface area contributed by atoms with Gasteiger partial charge in [0.05, 0.1) is 0 Å². The minimum Gasteiger partial charge on any atom is -0.340 e. The van der Waals surface area contributed by atoms with E-state index in [9.17, 15) is 4.79 Å². The normalized spacial score (nSPS) is 10.2. The smallest absolute Gasteiger partial charge is 0.323 e. The van der Waals surface area contributed by atoms with E-state index in [2.05, 4.69) is 32.8 Å². The van der Waals surface area contributed by atoms with E-state index >= 15 is 0 Å². The molecule has 3 rings (SSSR count). The molecule has 132 valence electrons. The maximum atomic E-state index is 12.3. The number of rotatable bonds is 5. The quantitative estimate of drug-likeness (QED) is 0.623. The molecule has 3 aromatic rings. The van der Waals surface area contributed by atoms with Gasteiger partial charge >= 0.3 is 6.03 Å². The molecule has 2 aromatic carbocycles. The van der Waals surface area contributed by atoms with Crippen LogP contribution in [0, 0.1) is 6.92 Å². The Morgan fingerprint density at radius 1 is 0.962 bits per heavy atom. The van der Waals surface area contributed by atoms with E-state index in [1.165, 1.54) is 6.33 Å². The molecule has 0 aliphatic rings. The molecule has 26 heavy (non-hydrogen) atoms. The zero-order valence-electron chi connectivity index (χ0n) is 14.8. The van der Waals surface area contributed by atoms with Gasteiger partial charge in [-0.1, -0.05) is 31.2 Å². The summed E-state index contributed by atoms with van der Waals surface area (Å²) in [4.78, 5) is 20.6. The van der Waals surface area contributed by atoms with Crippen LogP contribution in [0.15, 0.2) is 60.9 Å². The molecule has 0 saturated carbocycles. The molecular weight excluding hydrogens is 326 g/mol. The standard InChI is InChI=1S/C20H21N5O/c1-3-15-9-10-17(23-19-11-14(2)21-13-22-19)12-18(15)25-20(26)24-16-7-5-4-6-8-16/h4-13H,3H2,1-2H3,(H,21,22,23)(H2,24,25,26). The van der Waals surface area contributed by atoms with Crippen LogP contribution in [0.25, 0.3) is 0 Å². The van der Waals surface area contributed by atoms with E-state index in [4.69, 9.17) is 0 Å². The summed E-state index contributed by atoms with van der Waals surface area (Å²) in [6.45, 7) is 3.96. The van der Waals surface area contributed by atoms with Gasteiger partial charge < -0.3 is 16.0 Å². The van der Waals surface area contributed by atoms with Crippen molar-refractivity contribution in [1.82, 2.24) is 9.97 Å². The van der Waals surface area contributed by atoms with Gasteiger partial charge in [0.15, 0.2) is 0 Å². The predicted molar refractivity (Wildman–Crippen MR) is 105 cm³/mol. The molecule has 0 radical (unpaired) electrons. The van der Waals surface area contributed by atoms with Crippen LogP contribution in [0.1, 0.15) is 18.2 Å². The topological polar surface area (TPSA) is 78.9 Å². The molecule has 0 aliphatic carbocycles. The van der Waals surface area contributed by atoms with Crippen molar-refractivity contribution in [2.75, 3.05) is 16.0 Å². The van der Waals surface area contributed by atoms with Crippen molar-refractivity contribution in [1.29, 1.82) is 0 Å². The molecule has 3 N–H and O–H groups in total. The van der Waals surface area contributed by atoms with E-state index < -0.39 is 0 Å². The third-order valence-electron chi connectivity index (χ3n) is 3.85. The summed E-state index contributed by atoms with van der Waals surface area (Å²) in [5.41, 5.74) is 4.28. The van der Waals surface area contributed by atoms with Gasteiger partial charge in [0.1, 0.15) is 12.1 Å². The minimum atomic E-state index is -0.277. The Bertz CT molecular complexity index is 896. The number of hydrogen-bond acceptors (Lipinski definition) is 4. The van der Waals surface area contributed by atoms with E-state index in [1.807, 2.05) is 61.5 Å². The maximum Gasteiger partial charge on any atom is 0.323 e. The van der Waals surface area contributed by atoms with Gasteiger partial charge in [-0.3, -0.25) is 0 Å². The number of hydrogen-bond donors (Lipinski definition) is 3. The number of amides is 2. The summed E-state index contributed by atoms with van der Waals surface area (Å²) in [5.74, 6) is 0.710. The summed E-state index contributed by atoms with van der Waals surface area (Å²) < 4.78 is 0. The minimum absolute atomic E-state index is 0.277. The van der Waals surface area contributed by atoms with Gasteiger partial charge in [-0.2, -0.15) is 0 Å². The number of nitrogens with one attached hydrogen (secondary N) is 3. The van der Waals surface area contributed by atoms with Crippen molar-refractivity contribution in [3.05, 3.63) is 72.2 Å². The summed E-state index contributed by atoms with van der Waals surface area (Å²) in [6, 6.07) is 16.8. The molecular formula is C20H21N5O. The van der Waals surface area contributed by atoms with Crippen LogP contribution in [0.5, 0.6) is 0 Å². The Balaban J connectivity index is 1.76. The maximum absolute atomic E-state index is 12.3. The molecule has 2 amide bonds. The number of aromatic nitrogens is 2. The van der Waals surface area contributed by atoms with Crippen molar-refractivity contribution in [2.24, 2.45) is 0 Å². The zero-order chi connectivity index (χ0) is 18.4. The second-order valence-electron chi connectivity index (χ2n) is 5.84. The molecule has 0 unspecified atom stereocenters. The highest BCUT2D eigenvalue weighted by Crippen LogP contribution is 2.24. The first-order valence-corrected chi connectivity index (χ1v) is 8.45. The summed E-state index contributed by atoms with van der Waals surface area (Å²) >= 11 is 0. The number of anilines is 4. The number of urea groups is 1. The molecule has 0 saturated heterocycles. The van der Waals surface area contributed by atoms with E-state index in [-0.39, 0.29) is 6.03 Å². The van der Waals surface area contributed by atoms with Gasteiger partial charge in [-0.25, -0.2) is 14.8 Å². The summed E-state index contributed by atoms with van der Waals surface area (Å²) in [5, 5.41) is 8.99. The van der Waals surface area contributed by atoms with Gasteiger partial charge in [0.2, 0.25) is 0 Å². The predicted octanol–water partition coefficient (Wildman–Crippen LogP) is 4.74. The van der Waals surface area contributed by atoms with Crippen molar-refractivity contribution >= 4 is 28.9 Å². The molecule has 0 bridgehead atoms. The fraction of sp³-hybridized carbons (Fsp3) is 0.150. The van der Waals surface area contributed by atoms with Crippen LogP contribution in [0.2, 0.25) is 0 Å². The lowest BCUT2D eigenvalue weighted by Gasteiger charge is -2.14. The molecule has 0 aliphatic heterocycles. The van der Waals surface area contributed by atoms with Crippen LogP contribution in [0.3, 0.4) is 0 Å². The lowest BCUT2D eigenvalue weighted by Crippen LogP contribution is -2.20. The number of benzene rings is 2. The molecule has 1 aromatic heterocycles. The molecule has 6 nitrogen and oxygen atoms in total. The summed E-state index contributed by atoms with van der Waals surface area (Å²) in [7, 11) is 0. The first-order chi connectivity index (χ1) is 12.6. The highest BCUT2D eigenvalue weighted by atomic mass is 16.2. The molecule has 0 spiro atoms. The largest absolute Gasteiger partial charge is 0.340 e. The van der Waals surface area contributed by atoms with Crippen LogP contribution in [-0.4, -0.2) is 16.0 Å². The van der Waals surface area contributed by atoms with Crippen LogP contribution in [0.4, 0.5) is 27.7 Å². The van der Waals surface area contributed by atoms with E-state index in [1.54, 1.807) is 0 Å². The fourth-order valence-corrected chi connectivity index (χ4v) is 2.56. The molecule has 1 heterocycles. The highest BCUT2D eigenvalue weighted by molar-refractivity contribution is 6.00. The van der Waals surface area contributed by atoms with Crippen molar-refractivity contribution in [3.8, 4) is 0 Å². The Hall–Kier alpha value is -3.41. The van der Waals surface area contributed by atoms with Gasteiger partial charge in [0, 0.05) is 28.8 Å². The SMILES string of the molecule is CCc1ccc(Nc2cc(C)ncn2)cc1NC(=O)Nc1ccccc1. The zero-order valence-corrected chi connectivity index (χ0v) is 14.8. The van der Waals surface area contributed by atoms with Crippen LogP contribution in [-0.2, 0) is 6.42 Å². The first kappa shape index (κ1) is 17.4. The van der Waals surface area contributed by atoms with Crippen molar-refractivity contribution < 1.29 is 4.79 Å². The fourth-order valence-electron chi connectivity index (χ4n) is 2.56. The Kier molecular flexibility index (Phi) is 5.43. The Labute approximate surface area is 152 Å². The number of carbonyl (C=O) groups is 1. The van der Waals surface area contributed by atoms with E-state index in [0.29, 0.717) is 5.82 Å².